The molecule has 5 rings (SSSR count). The molecule has 33 heavy (non-hydrogen) atoms. The molecule has 3 aromatic rings. The van der Waals surface area contributed by atoms with E-state index < -0.39 is 5.91 Å². The number of carbonyl (C=O) groups is 1. The topological polar surface area (TPSA) is 84.6 Å². The first-order valence-corrected chi connectivity index (χ1v) is 11.7. The van der Waals surface area contributed by atoms with Crippen LogP contribution in [0.25, 0.3) is 0 Å². The standard InChI is InChI=1S/C26H31N5O2/c27-26(32)24-17-31(29-21-8-10-22(11-9-21)30-12-14-33-15-13-30)18-25(24)28-16-20-4-1-2-7-23(20)19-5-3-6-19/h1-2,4,7-11,17-19,28-29H,3,5-6,12-16H2,(H2,27,32). The number of morpholine rings is 1. The van der Waals surface area contributed by atoms with E-state index >= 15 is 0 Å². The highest BCUT2D eigenvalue weighted by Gasteiger charge is 2.22. The van der Waals surface area contributed by atoms with E-state index in [-0.39, 0.29) is 0 Å². The van der Waals surface area contributed by atoms with E-state index in [2.05, 4.69) is 52.0 Å². The SMILES string of the molecule is NC(=O)c1cn(Nc2ccc(N3CCOCC3)cc2)cc1NCc1ccccc1C1CCC1. The first kappa shape index (κ1) is 21.4. The number of hydrogen-bond donors (Lipinski definition) is 3. The number of nitrogens with one attached hydrogen (secondary N) is 2. The van der Waals surface area contributed by atoms with Crippen molar-refractivity contribution in [1.82, 2.24) is 4.68 Å². The number of aromatic nitrogens is 1. The van der Waals surface area contributed by atoms with Gasteiger partial charge in [0.15, 0.2) is 0 Å². The third-order valence-corrected chi connectivity index (χ3v) is 6.66. The summed E-state index contributed by atoms with van der Waals surface area (Å²) in [6.45, 7) is 4.00. The van der Waals surface area contributed by atoms with E-state index in [9.17, 15) is 4.79 Å². The minimum Gasteiger partial charge on any atom is -0.379 e. The van der Waals surface area contributed by atoms with Gasteiger partial charge in [-0.05, 0) is 54.2 Å². The second kappa shape index (κ2) is 9.58. The van der Waals surface area contributed by atoms with Gasteiger partial charge < -0.3 is 20.7 Å². The highest BCUT2D eigenvalue weighted by molar-refractivity contribution is 5.98. The molecule has 0 spiro atoms. The summed E-state index contributed by atoms with van der Waals surface area (Å²) in [5.41, 5.74) is 15.0. The molecule has 0 atom stereocenters. The number of carbonyl (C=O) groups excluding carboxylic acids is 1. The molecule has 0 unspecified atom stereocenters. The van der Waals surface area contributed by atoms with Crippen molar-refractivity contribution in [1.29, 1.82) is 0 Å². The molecule has 1 aliphatic heterocycles. The van der Waals surface area contributed by atoms with E-state index in [0.717, 1.165) is 37.7 Å². The zero-order chi connectivity index (χ0) is 22.6. The predicted molar refractivity (Wildman–Crippen MR) is 132 cm³/mol. The Kier molecular flexibility index (Phi) is 6.21. The molecule has 0 radical (unpaired) electrons. The smallest absolute Gasteiger partial charge is 0.252 e. The largest absolute Gasteiger partial charge is 0.379 e. The van der Waals surface area contributed by atoms with Gasteiger partial charge in [-0.3, -0.25) is 14.9 Å². The van der Waals surface area contributed by atoms with Gasteiger partial charge in [-0.15, -0.1) is 0 Å². The summed E-state index contributed by atoms with van der Waals surface area (Å²) >= 11 is 0. The van der Waals surface area contributed by atoms with Crippen LogP contribution in [0.15, 0.2) is 60.9 Å². The van der Waals surface area contributed by atoms with Crippen LogP contribution >= 0.6 is 0 Å². The molecular weight excluding hydrogens is 414 g/mol. The molecule has 2 fully saturated rings. The number of anilines is 3. The Morgan fingerprint density at radius 2 is 1.79 bits per heavy atom. The van der Waals surface area contributed by atoms with Crippen LogP contribution in [-0.2, 0) is 11.3 Å². The van der Waals surface area contributed by atoms with Crippen LogP contribution in [0.2, 0.25) is 0 Å². The lowest BCUT2D eigenvalue weighted by Gasteiger charge is -2.29. The quantitative estimate of drug-likeness (QED) is 0.484. The van der Waals surface area contributed by atoms with Crippen molar-refractivity contribution in [3.05, 3.63) is 77.6 Å². The minimum atomic E-state index is -0.451. The van der Waals surface area contributed by atoms with Crippen molar-refractivity contribution in [3.63, 3.8) is 0 Å². The normalized spacial score (nSPS) is 16.3. The molecule has 4 N–H and O–H groups in total. The van der Waals surface area contributed by atoms with E-state index in [0.29, 0.717) is 18.0 Å². The van der Waals surface area contributed by atoms with Gasteiger partial charge in [0, 0.05) is 31.5 Å². The van der Waals surface area contributed by atoms with Gasteiger partial charge in [0.25, 0.3) is 5.91 Å². The van der Waals surface area contributed by atoms with Crippen LogP contribution in [-0.4, -0.2) is 36.9 Å². The van der Waals surface area contributed by atoms with Crippen LogP contribution in [0.3, 0.4) is 0 Å². The third kappa shape index (κ3) is 4.83. The lowest BCUT2D eigenvalue weighted by Crippen LogP contribution is -2.36. The zero-order valence-electron chi connectivity index (χ0n) is 18.8. The molecule has 2 aromatic carbocycles. The average molecular weight is 446 g/mol. The zero-order valence-corrected chi connectivity index (χ0v) is 18.8. The van der Waals surface area contributed by atoms with Crippen LogP contribution in [0.1, 0.15) is 46.7 Å². The summed E-state index contributed by atoms with van der Waals surface area (Å²) in [6.07, 6.45) is 7.43. The van der Waals surface area contributed by atoms with Crippen molar-refractivity contribution >= 4 is 23.0 Å². The highest BCUT2D eigenvalue weighted by Crippen LogP contribution is 2.38. The van der Waals surface area contributed by atoms with Crippen LogP contribution in [0.5, 0.6) is 0 Å². The molecule has 0 bridgehead atoms. The number of hydrogen-bond acceptors (Lipinski definition) is 5. The Hall–Kier alpha value is -3.45. The Bertz CT molecular complexity index is 1100. The Morgan fingerprint density at radius 1 is 1.03 bits per heavy atom. The van der Waals surface area contributed by atoms with Gasteiger partial charge in [0.05, 0.1) is 36.3 Å². The number of nitrogens with zero attached hydrogens (tertiary/aromatic N) is 2. The first-order valence-electron chi connectivity index (χ1n) is 11.7. The fourth-order valence-corrected chi connectivity index (χ4v) is 4.58. The van der Waals surface area contributed by atoms with E-state index in [1.807, 2.05) is 18.3 Å². The Labute approximate surface area is 194 Å². The number of rotatable bonds is 8. The molecule has 172 valence electrons. The summed E-state index contributed by atoms with van der Waals surface area (Å²) in [6, 6.07) is 16.8. The maximum absolute atomic E-state index is 12.1. The fraction of sp³-hybridized carbons (Fsp3) is 0.346. The maximum Gasteiger partial charge on any atom is 0.252 e. The number of amides is 1. The number of ether oxygens (including phenoxy) is 1. The third-order valence-electron chi connectivity index (χ3n) is 6.66. The molecular formula is C26H31N5O2. The van der Waals surface area contributed by atoms with Crippen LogP contribution < -0.4 is 21.4 Å². The molecule has 1 aliphatic carbocycles. The fourth-order valence-electron chi connectivity index (χ4n) is 4.58. The van der Waals surface area contributed by atoms with Crippen LogP contribution in [0, 0.1) is 0 Å². The summed E-state index contributed by atoms with van der Waals surface area (Å²) in [5, 5.41) is 3.43. The van der Waals surface area contributed by atoms with Gasteiger partial charge >= 0.3 is 0 Å². The molecule has 2 aliphatic rings. The second-order valence-corrected chi connectivity index (χ2v) is 8.80. The summed E-state index contributed by atoms with van der Waals surface area (Å²) in [7, 11) is 0. The summed E-state index contributed by atoms with van der Waals surface area (Å²) in [4.78, 5) is 14.4. The van der Waals surface area contributed by atoms with Crippen molar-refractivity contribution in [2.75, 3.05) is 41.9 Å². The monoisotopic (exact) mass is 445 g/mol. The summed E-state index contributed by atoms with van der Waals surface area (Å²) in [5.74, 6) is 0.207. The number of nitrogens with two attached hydrogens (primary N) is 1. The van der Waals surface area contributed by atoms with E-state index in [1.54, 1.807) is 10.9 Å². The van der Waals surface area contributed by atoms with Crippen LogP contribution in [0.4, 0.5) is 17.1 Å². The Balaban J connectivity index is 1.28. The molecule has 1 saturated heterocycles. The van der Waals surface area contributed by atoms with Gasteiger partial charge in [0.2, 0.25) is 0 Å². The summed E-state index contributed by atoms with van der Waals surface area (Å²) < 4.78 is 7.21. The van der Waals surface area contributed by atoms with E-state index in [4.69, 9.17) is 10.5 Å². The maximum atomic E-state index is 12.1. The number of benzene rings is 2. The van der Waals surface area contributed by atoms with Gasteiger partial charge in [-0.2, -0.15) is 0 Å². The molecule has 1 saturated carbocycles. The van der Waals surface area contributed by atoms with Crippen molar-refractivity contribution in [2.24, 2.45) is 5.73 Å². The molecule has 2 heterocycles. The lowest BCUT2D eigenvalue weighted by molar-refractivity contribution is 0.100. The molecule has 7 nitrogen and oxygen atoms in total. The second-order valence-electron chi connectivity index (χ2n) is 8.80. The molecule has 1 amide bonds. The van der Waals surface area contributed by atoms with Crippen molar-refractivity contribution < 1.29 is 9.53 Å². The predicted octanol–water partition coefficient (Wildman–Crippen LogP) is 4.18. The lowest BCUT2D eigenvalue weighted by atomic mass is 9.78. The van der Waals surface area contributed by atoms with Gasteiger partial charge in [-0.1, -0.05) is 30.7 Å². The van der Waals surface area contributed by atoms with Gasteiger partial charge in [0.1, 0.15) is 0 Å². The molecule has 7 heteroatoms. The minimum absolute atomic E-state index is 0.451. The number of primary amides is 1. The van der Waals surface area contributed by atoms with Gasteiger partial charge in [-0.25, -0.2) is 0 Å². The first-order chi connectivity index (χ1) is 16.2. The van der Waals surface area contributed by atoms with Crippen molar-refractivity contribution in [3.8, 4) is 0 Å². The average Bonchev–Trinajstić information content (AvgIpc) is 3.21. The Morgan fingerprint density at radius 3 is 2.48 bits per heavy atom. The van der Waals surface area contributed by atoms with E-state index in [1.165, 1.54) is 36.1 Å². The highest BCUT2D eigenvalue weighted by atomic mass is 16.5. The van der Waals surface area contributed by atoms with Crippen molar-refractivity contribution in [2.45, 2.75) is 31.7 Å². The molecule has 1 aromatic heterocycles.